The van der Waals surface area contributed by atoms with Crippen LogP contribution < -0.4 is 15.5 Å². The van der Waals surface area contributed by atoms with Crippen LogP contribution in [0, 0.1) is 6.92 Å². The fourth-order valence-corrected chi connectivity index (χ4v) is 4.40. The van der Waals surface area contributed by atoms with Gasteiger partial charge in [-0.3, -0.25) is 24.7 Å². The average Bonchev–Trinajstić information content (AvgIpc) is 3.09. The van der Waals surface area contributed by atoms with E-state index in [4.69, 9.17) is 17.0 Å². The Balaban J connectivity index is 1.51. The molecule has 1 aliphatic heterocycles. The van der Waals surface area contributed by atoms with Gasteiger partial charge in [0.25, 0.3) is 5.91 Å². The first-order chi connectivity index (χ1) is 17.8. The molecule has 4 rings (SSSR count). The molecule has 1 unspecified atom stereocenters. The van der Waals surface area contributed by atoms with Crippen LogP contribution in [-0.4, -0.2) is 45.9 Å². The van der Waals surface area contributed by atoms with Crippen molar-refractivity contribution in [2.24, 2.45) is 0 Å². The van der Waals surface area contributed by atoms with Gasteiger partial charge >= 0.3 is 0 Å². The monoisotopic (exact) mass is 516 g/mol. The van der Waals surface area contributed by atoms with Gasteiger partial charge in [0.05, 0.1) is 26.5 Å². The normalized spacial score (nSPS) is 15.0. The van der Waals surface area contributed by atoms with E-state index in [1.807, 2.05) is 55.5 Å². The van der Waals surface area contributed by atoms with Crippen LogP contribution in [-0.2, 0) is 27.3 Å². The third kappa shape index (κ3) is 6.50. The fourth-order valence-electron chi connectivity index (χ4n) is 4.08. The van der Waals surface area contributed by atoms with Gasteiger partial charge in [0.1, 0.15) is 11.8 Å². The van der Waals surface area contributed by atoms with Gasteiger partial charge in [0, 0.05) is 5.69 Å². The molecule has 1 fully saturated rings. The van der Waals surface area contributed by atoms with E-state index in [0.717, 1.165) is 16.7 Å². The summed E-state index contributed by atoms with van der Waals surface area (Å²) in [6, 6.07) is 23.0. The SMILES string of the molecule is COc1ccc(CC(=O)NN2C(=S)N(Cc3ccccc3)C(=O)C2CC(=O)Nc2cccc(C)c2)cc1. The van der Waals surface area contributed by atoms with E-state index < -0.39 is 6.04 Å². The number of methoxy groups -OCH3 is 1. The molecule has 0 aromatic heterocycles. The molecule has 3 aromatic carbocycles. The predicted molar refractivity (Wildman–Crippen MR) is 144 cm³/mol. The van der Waals surface area contributed by atoms with Crippen LogP contribution in [0.1, 0.15) is 23.1 Å². The lowest BCUT2D eigenvalue weighted by molar-refractivity contribution is -0.132. The summed E-state index contributed by atoms with van der Waals surface area (Å²) >= 11 is 5.60. The van der Waals surface area contributed by atoms with E-state index in [9.17, 15) is 14.4 Å². The van der Waals surface area contributed by atoms with Crippen LogP contribution >= 0.6 is 12.2 Å². The summed E-state index contributed by atoms with van der Waals surface area (Å²) in [5.74, 6) is -0.376. The number of amides is 3. The molecule has 0 saturated carbocycles. The highest BCUT2D eigenvalue weighted by atomic mass is 32.1. The summed E-state index contributed by atoms with van der Waals surface area (Å²) in [6.45, 7) is 2.16. The van der Waals surface area contributed by atoms with E-state index in [0.29, 0.717) is 11.4 Å². The molecule has 190 valence electrons. The van der Waals surface area contributed by atoms with Crippen molar-refractivity contribution >= 4 is 40.7 Å². The Kier molecular flexibility index (Phi) is 8.15. The van der Waals surface area contributed by atoms with E-state index in [1.165, 1.54) is 9.91 Å². The number of carbonyl (C=O) groups is 3. The second kappa shape index (κ2) is 11.7. The molecule has 1 heterocycles. The standard InChI is InChI=1S/C28H28N4O4S/c1-19-7-6-10-22(15-19)29-25(33)17-24-27(35)31(18-21-8-4-3-5-9-21)28(37)32(24)30-26(34)16-20-11-13-23(36-2)14-12-20/h3-15,24H,16-18H2,1-2H3,(H,29,33)(H,30,34). The quantitative estimate of drug-likeness (QED) is 0.423. The first-order valence-electron chi connectivity index (χ1n) is 11.8. The number of hydrogen-bond acceptors (Lipinski definition) is 5. The smallest absolute Gasteiger partial charge is 0.254 e. The Morgan fingerprint density at radius 1 is 0.946 bits per heavy atom. The van der Waals surface area contributed by atoms with E-state index >= 15 is 0 Å². The summed E-state index contributed by atoms with van der Waals surface area (Å²) in [5.41, 5.74) is 6.04. The number of benzene rings is 3. The first kappa shape index (κ1) is 25.8. The Hall–Kier alpha value is -4.24. The molecule has 2 N–H and O–H groups in total. The number of ether oxygens (including phenoxy) is 1. The van der Waals surface area contributed by atoms with Crippen molar-refractivity contribution in [1.82, 2.24) is 15.3 Å². The van der Waals surface area contributed by atoms with Gasteiger partial charge in [0.2, 0.25) is 11.8 Å². The maximum Gasteiger partial charge on any atom is 0.254 e. The lowest BCUT2D eigenvalue weighted by Gasteiger charge is -2.24. The van der Waals surface area contributed by atoms with Crippen LogP contribution in [0.25, 0.3) is 0 Å². The second-order valence-electron chi connectivity index (χ2n) is 8.76. The van der Waals surface area contributed by atoms with Crippen molar-refractivity contribution in [1.29, 1.82) is 0 Å². The number of hydrazine groups is 1. The summed E-state index contributed by atoms with van der Waals surface area (Å²) in [7, 11) is 1.57. The molecular formula is C28H28N4O4S. The maximum absolute atomic E-state index is 13.4. The van der Waals surface area contributed by atoms with E-state index in [-0.39, 0.29) is 42.2 Å². The molecule has 9 heteroatoms. The number of aryl methyl sites for hydroxylation is 1. The lowest BCUT2D eigenvalue weighted by Crippen LogP contribution is -2.50. The Morgan fingerprint density at radius 3 is 2.35 bits per heavy atom. The summed E-state index contributed by atoms with van der Waals surface area (Å²) in [4.78, 5) is 40.7. The van der Waals surface area contributed by atoms with Crippen LogP contribution in [0.4, 0.5) is 5.69 Å². The zero-order valence-electron chi connectivity index (χ0n) is 20.6. The molecule has 3 amide bonds. The van der Waals surface area contributed by atoms with Crippen molar-refractivity contribution in [3.63, 3.8) is 0 Å². The number of carbonyl (C=O) groups excluding carboxylic acids is 3. The van der Waals surface area contributed by atoms with Gasteiger partial charge in [-0.1, -0.05) is 54.6 Å². The average molecular weight is 517 g/mol. The summed E-state index contributed by atoms with van der Waals surface area (Å²) in [6.07, 6.45) is -0.112. The van der Waals surface area contributed by atoms with Gasteiger partial charge in [0.15, 0.2) is 5.11 Å². The van der Waals surface area contributed by atoms with Crippen molar-refractivity contribution in [2.45, 2.75) is 32.4 Å². The van der Waals surface area contributed by atoms with Crippen molar-refractivity contribution in [2.75, 3.05) is 12.4 Å². The van der Waals surface area contributed by atoms with Crippen molar-refractivity contribution in [3.05, 3.63) is 95.6 Å². The van der Waals surface area contributed by atoms with Crippen molar-refractivity contribution < 1.29 is 19.1 Å². The topological polar surface area (TPSA) is 91.0 Å². The minimum Gasteiger partial charge on any atom is -0.497 e. The molecule has 1 saturated heterocycles. The molecular weight excluding hydrogens is 488 g/mol. The minimum absolute atomic E-state index is 0.0677. The van der Waals surface area contributed by atoms with Crippen LogP contribution in [0.15, 0.2) is 78.9 Å². The molecule has 3 aromatic rings. The molecule has 8 nitrogen and oxygen atoms in total. The number of rotatable bonds is 9. The third-order valence-corrected chi connectivity index (χ3v) is 6.35. The van der Waals surface area contributed by atoms with Gasteiger partial charge < -0.3 is 10.1 Å². The zero-order valence-corrected chi connectivity index (χ0v) is 21.5. The highest BCUT2D eigenvalue weighted by Crippen LogP contribution is 2.23. The molecule has 0 bridgehead atoms. The number of nitrogens with one attached hydrogen (secondary N) is 2. The van der Waals surface area contributed by atoms with Crippen LogP contribution in [0.3, 0.4) is 0 Å². The predicted octanol–water partition coefficient (Wildman–Crippen LogP) is 3.60. The summed E-state index contributed by atoms with van der Waals surface area (Å²) < 4.78 is 5.16. The zero-order chi connectivity index (χ0) is 26.4. The molecule has 0 aliphatic carbocycles. The fraction of sp³-hybridized carbons (Fsp3) is 0.214. The van der Waals surface area contributed by atoms with Crippen LogP contribution in [0.5, 0.6) is 5.75 Å². The highest BCUT2D eigenvalue weighted by molar-refractivity contribution is 7.80. The van der Waals surface area contributed by atoms with Gasteiger partial charge in [-0.2, -0.15) is 0 Å². The highest BCUT2D eigenvalue weighted by Gasteiger charge is 2.44. The number of anilines is 1. The Morgan fingerprint density at radius 2 is 1.68 bits per heavy atom. The number of nitrogens with zero attached hydrogens (tertiary/aromatic N) is 2. The Labute approximate surface area is 221 Å². The minimum atomic E-state index is -0.971. The maximum atomic E-state index is 13.4. The van der Waals surface area contributed by atoms with E-state index in [2.05, 4.69) is 10.7 Å². The van der Waals surface area contributed by atoms with Gasteiger partial charge in [-0.05, 0) is 60.1 Å². The number of thiocarbonyl (C=S) groups is 1. The molecule has 1 atom stereocenters. The molecule has 37 heavy (non-hydrogen) atoms. The van der Waals surface area contributed by atoms with Crippen LogP contribution in [0.2, 0.25) is 0 Å². The third-order valence-electron chi connectivity index (χ3n) is 5.93. The number of hydrogen-bond donors (Lipinski definition) is 2. The lowest BCUT2D eigenvalue weighted by atomic mass is 10.1. The van der Waals surface area contributed by atoms with Crippen molar-refractivity contribution in [3.8, 4) is 5.75 Å². The molecule has 0 radical (unpaired) electrons. The van der Waals surface area contributed by atoms with E-state index in [1.54, 1.807) is 37.4 Å². The Bertz CT molecular complexity index is 1300. The molecule has 1 aliphatic rings. The van der Waals surface area contributed by atoms with Gasteiger partial charge in [-0.15, -0.1) is 0 Å². The molecule has 0 spiro atoms. The second-order valence-corrected chi connectivity index (χ2v) is 9.13. The van der Waals surface area contributed by atoms with Gasteiger partial charge in [-0.25, -0.2) is 5.01 Å². The summed E-state index contributed by atoms with van der Waals surface area (Å²) in [5, 5.41) is 4.31. The first-order valence-corrected chi connectivity index (χ1v) is 12.2. The largest absolute Gasteiger partial charge is 0.497 e.